The highest BCUT2D eigenvalue weighted by atomic mass is 16.1. The van der Waals surface area contributed by atoms with Crippen molar-refractivity contribution in [2.45, 2.75) is 13.3 Å². The fourth-order valence-corrected chi connectivity index (χ4v) is 1.55. The van der Waals surface area contributed by atoms with E-state index >= 15 is 0 Å². The number of pyridine rings is 1. The molecule has 0 radical (unpaired) electrons. The van der Waals surface area contributed by atoms with Crippen LogP contribution in [0, 0.1) is 11.3 Å². The molecule has 0 bridgehead atoms. The molecule has 1 aromatic heterocycles. The fourth-order valence-electron chi connectivity index (χ4n) is 1.55. The minimum Gasteiger partial charge on any atom is -0.360 e. The molecule has 17 heavy (non-hydrogen) atoms. The highest BCUT2D eigenvalue weighted by molar-refractivity contribution is 5.81. The number of hydrogen-bond donors (Lipinski definition) is 1. The molecular formula is C12H16N4O. The molecule has 5 nitrogen and oxygen atoms in total. The topological polar surface area (TPSA) is 69.0 Å². The van der Waals surface area contributed by atoms with E-state index in [-0.39, 0.29) is 12.5 Å². The summed E-state index contributed by atoms with van der Waals surface area (Å²) in [6.45, 7) is 2.98. The van der Waals surface area contributed by atoms with Crippen molar-refractivity contribution in [1.82, 2.24) is 10.3 Å². The zero-order valence-corrected chi connectivity index (χ0v) is 10.1. The number of hydrogen-bond acceptors (Lipinski definition) is 4. The van der Waals surface area contributed by atoms with E-state index in [0.717, 1.165) is 6.42 Å². The average molecular weight is 232 g/mol. The standard InChI is InChI=1S/C12H16N4O/c1-3-7-16(9-12(17)14-2)11-5-4-6-15-10(11)8-13/h4-6H,3,7,9H2,1-2H3,(H,14,17). The molecule has 0 saturated heterocycles. The molecule has 1 N–H and O–H groups in total. The first-order valence-electron chi connectivity index (χ1n) is 5.53. The summed E-state index contributed by atoms with van der Waals surface area (Å²) in [5.41, 5.74) is 1.06. The molecule has 90 valence electrons. The van der Waals surface area contributed by atoms with Gasteiger partial charge in [-0.25, -0.2) is 4.98 Å². The van der Waals surface area contributed by atoms with E-state index in [0.29, 0.717) is 17.9 Å². The van der Waals surface area contributed by atoms with Gasteiger partial charge in [0.25, 0.3) is 0 Å². The van der Waals surface area contributed by atoms with Gasteiger partial charge in [0.15, 0.2) is 5.69 Å². The predicted octanol–water partition coefficient (Wildman–Crippen LogP) is 0.916. The van der Waals surface area contributed by atoms with Gasteiger partial charge in [-0.2, -0.15) is 5.26 Å². The number of carbonyl (C=O) groups excluding carboxylic acids is 1. The van der Waals surface area contributed by atoms with Gasteiger partial charge < -0.3 is 10.2 Å². The predicted molar refractivity (Wildman–Crippen MR) is 65.5 cm³/mol. The van der Waals surface area contributed by atoms with E-state index in [1.54, 1.807) is 19.3 Å². The van der Waals surface area contributed by atoms with Gasteiger partial charge in [-0.1, -0.05) is 6.92 Å². The summed E-state index contributed by atoms with van der Waals surface area (Å²) >= 11 is 0. The summed E-state index contributed by atoms with van der Waals surface area (Å²) in [4.78, 5) is 17.3. The Kier molecular flexibility index (Phi) is 4.95. The van der Waals surface area contributed by atoms with Crippen LogP contribution in [0.1, 0.15) is 19.0 Å². The van der Waals surface area contributed by atoms with Gasteiger partial charge in [0.05, 0.1) is 12.2 Å². The normalized spacial score (nSPS) is 9.47. The van der Waals surface area contributed by atoms with Gasteiger partial charge in [-0.05, 0) is 18.6 Å². The molecule has 1 rings (SSSR count). The summed E-state index contributed by atoms with van der Waals surface area (Å²) in [5.74, 6) is -0.0776. The van der Waals surface area contributed by atoms with E-state index in [2.05, 4.69) is 10.3 Å². The zero-order chi connectivity index (χ0) is 12.7. The Morgan fingerprint density at radius 1 is 1.65 bits per heavy atom. The monoisotopic (exact) mass is 232 g/mol. The number of rotatable bonds is 5. The van der Waals surface area contributed by atoms with Gasteiger partial charge in [-0.15, -0.1) is 0 Å². The second-order valence-electron chi connectivity index (χ2n) is 3.58. The third-order valence-corrected chi connectivity index (χ3v) is 2.34. The van der Waals surface area contributed by atoms with Crippen molar-refractivity contribution in [2.75, 3.05) is 25.0 Å². The van der Waals surface area contributed by atoms with Crippen LogP contribution in [0.2, 0.25) is 0 Å². The van der Waals surface area contributed by atoms with Gasteiger partial charge in [-0.3, -0.25) is 4.79 Å². The number of nitrogens with zero attached hydrogens (tertiary/aromatic N) is 3. The number of anilines is 1. The molecule has 1 heterocycles. The molecule has 0 spiro atoms. The van der Waals surface area contributed by atoms with Crippen molar-refractivity contribution >= 4 is 11.6 Å². The quantitative estimate of drug-likeness (QED) is 0.819. The van der Waals surface area contributed by atoms with Crippen molar-refractivity contribution in [3.63, 3.8) is 0 Å². The third kappa shape index (κ3) is 3.45. The first-order chi connectivity index (χ1) is 8.22. The van der Waals surface area contributed by atoms with Gasteiger partial charge in [0.2, 0.25) is 5.91 Å². The van der Waals surface area contributed by atoms with Gasteiger partial charge >= 0.3 is 0 Å². The van der Waals surface area contributed by atoms with Crippen LogP contribution in [-0.2, 0) is 4.79 Å². The number of nitriles is 1. The summed E-state index contributed by atoms with van der Waals surface area (Å²) in [7, 11) is 1.60. The average Bonchev–Trinajstić information content (AvgIpc) is 2.38. The molecular weight excluding hydrogens is 216 g/mol. The number of amides is 1. The van der Waals surface area contributed by atoms with Crippen LogP contribution in [-0.4, -0.2) is 31.0 Å². The highest BCUT2D eigenvalue weighted by Gasteiger charge is 2.13. The van der Waals surface area contributed by atoms with Crippen molar-refractivity contribution in [1.29, 1.82) is 5.26 Å². The molecule has 0 atom stereocenters. The van der Waals surface area contributed by atoms with Gasteiger partial charge in [0.1, 0.15) is 6.07 Å². The van der Waals surface area contributed by atoms with Crippen molar-refractivity contribution in [3.8, 4) is 6.07 Å². The summed E-state index contributed by atoms with van der Waals surface area (Å²) in [6, 6.07) is 5.62. The summed E-state index contributed by atoms with van der Waals surface area (Å²) < 4.78 is 0. The molecule has 1 aromatic rings. The number of carbonyl (C=O) groups is 1. The first kappa shape index (κ1) is 13.0. The van der Waals surface area contributed by atoms with E-state index in [4.69, 9.17) is 5.26 Å². The third-order valence-electron chi connectivity index (χ3n) is 2.34. The van der Waals surface area contributed by atoms with Crippen molar-refractivity contribution < 1.29 is 4.79 Å². The van der Waals surface area contributed by atoms with Crippen molar-refractivity contribution in [3.05, 3.63) is 24.0 Å². The first-order valence-corrected chi connectivity index (χ1v) is 5.53. The Morgan fingerprint density at radius 3 is 3.00 bits per heavy atom. The Morgan fingerprint density at radius 2 is 2.41 bits per heavy atom. The van der Waals surface area contributed by atoms with Crippen LogP contribution in [0.3, 0.4) is 0 Å². The van der Waals surface area contributed by atoms with Crippen LogP contribution in [0.15, 0.2) is 18.3 Å². The maximum atomic E-state index is 11.4. The SMILES string of the molecule is CCCN(CC(=O)NC)c1cccnc1C#N. The maximum Gasteiger partial charge on any atom is 0.239 e. The zero-order valence-electron chi connectivity index (χ0n) is 10.1. The molecule has 0 unspecified atom stereocenters. The largest absolute Gasteiger partial charge is 0.360 e. The van der Waals surface area contributed by atoms with E-state index in [1.165, 1.54) is 0 Å². The lowest BCUT2D eigenvalue weighted by Gasteiger charge is -2.23. The highest BCUT2D eigenvalue weighted by Crippen LogP contribution is 2.17. The lowest BCUT2D eigenvalue weighted by molar-refractivity contribution is -0.119. The molecule has 5 heteroatoms. The van der Waals surface area contributed by atoms with Crippen LogP contribution in [0.25, 0.3) is 0 Å². The maximum absolute atomic E-state index is 11.4. The molecule has 0 aliphatic rings. The fraction of sp³-hybridized carbons (Fsp3) is 0.417. The van der Waals surface area contributed by atoms with E-state index < -0.39 is 0 Å². The smallest absolute Gasteiger partial charge is 0.239 e. The molecule has 0 aliphatic carbocycles. The second kappa shape index (κ2) is 6.48. The minimum atomic E-state index is -0.0776. The van der Waals surface area contributed by atoms with E-state index in [9.17, 15) is 4.79 Å². The van der Waals surface area contributed by atoms with Gasteiger partial charge in [0, 0.05) is 19.8 Å². The Hall–Kier alpha value is -2.09. The van der Waals surface area contributed by atoms with Crippen LogP contribution >= 0.6 is 0 Å². The summed E-state index contributed by atoms with van der Waals surface area (Å²) in [6.07, 6.45) is 2.48. The van der Waals surface area contributed by atoms with Crippen molar-refractivity contribution in [2.24, 2.45) is 0 Å². The molecule has 0 aromatic carbocycles. The number of likely N-dealkylation sites (N-methyl/N-ethyl adjacent to an activating group) is 1. The second-order valence-corrected chi connectivity index (χ2v) is 3.58. The molecule has 1 amide bonds. The van der Waals surface area contributed by atoms with Crippen LogP contribution in [0.4, 0.5) is 5.69 Å². The van der Waals surface area contributed by atoms with Crippen LogP contribution in [0.5, 0.6) is 0 Å². The minimum absolute atomic E-state index is 0.0776. The van der Waals surface area contributed by atoms with Crippen LogP contribution < -0.4 is 10.2 Å². The summed E-state index contributed by atoms with van der Waals surface area (Å²) in [5, 5.41) is 11.6. The lowest BCUT2D eigenvalue weighted by atomic mass is 10.2. The Bertz CT molecular complexity index is 425. The Labute approximate surface area is 101 Å². The number of nitrogens with one attached hydrogen (secondary N) is 1. The molecule has 0 aliphatic heterocycles. The molecule has 0 fully saturated rings. The lowest BCUT2D eigenvalue weighted by Crippen LogP contribution is -2.36. The Balaban J connectivity index is 2.97. The number of aromatic nitrogens is 1. The molecule has 0 saturated carbocycles. The van der Waals surface area contributed by atoms with E-state index in [1.807, 2.05) is 24.0 Å².